The van der Waals surface area contributed by atoms with Gasteiger partial charge in [-0.25, -0.2) is 0 Å². The van der Waals surface area contributed by atoms with E-state index in [1.807, 2.05) is 50.2 Å². The van der Waals surface area contributed by atoms with E-state index in [1.165, 1.54) is 0 Å². The number of rotatable bonds is 4. The van der Waals surface area contributed by atoms with Gasteiger partial charge < -0.3 is 10.2 Å². The van der Waals surface area contributed by atoms with E-state index in [0.29, 0.717) is 12.1 Å². The van der Waals surface area contributed by atoms with E-state index in [-0.39, 0.29) is 5.91 Å². The molecule has 2 rings (SSSR count). The monoisotopic (exact) mass is 258 g/mol. The molecule has 0 aliphatic heterocycles. The number of aromatic nitrogens is 2. The second-order valence-corrected chi connectivity index (χ2v) is 4.61. The second-order valence-electron chi connectivity index (χ2n) is 4.61. The molecule has 0 saturated heterocycles. The smallest absolute Gasteiger partial charge is 0.253 e. The fraction of sp³-hybridized carbons (Fsp3) is 0.286. The Bertz CT molecular complexity index is 574. The Kier molecular flexibility index (Phi) is 3.85. The number of H-pyrrole nitrogens is 1. The van der Waals surface area contributed by atoms with Gasteiger partial charge >= 0.3 is 0 Å². The molecular formula is C14H18N4O. The molecule has 0 unspecified atom stereocenters. The number of aromatic amines is 1. The van der Waals surface area contributed by atoms with Gasteiger partial charge in [0.1, 0.15) is 0 Å². The highest BCUT2D eigenvalue weighted by Crippen LogP contribution is 2.17. The van der Waals surface area contributed by atoms with Crippen molar-refractivity contribution in [2.45, 2.75) is 13.5 Å². The number of benzene rings is 1. The zero-order chi connectivity index (χ0) is 13.8. The minimum atomic E-state index is -0.0788. The first-order chi connectivity index (χ1) is 9.09. The van der Waals surface area contributed by atoms with Crippen molar-refractivity contribution in [1.29, 1.82) is 0 Å². The summed E-state index contributed by atoms with van der Waals surface area (Å²) in [7, 11) is 3.85. The number of nitrogens with one attached hydrogen (secondary N) is 2. The Hall–Kier alpha value is -2.30. The Morgan fingerprint density at radius 2 is 2.11 bits per heavy atom. The van der Waals surface area contributed by atoms with Gasteiger partial charge in [-0.1, -0.05) is 12.1 Å². The van der Waals surface area contributed by atoms with Crippen LogP contribution >= 0.6 is 0 Å². The van der Waals surface area contributed by atoms with E-state index in [0.717, 1.165) is 16.9 Å². The summed E-state index contributed by atoms with van der Waals surface area (Å²) in [5.41, 5.74) is 3.55. The maximum absolute atomic E-state index is 12.2. The van der Waals surface area contributed by atoms with Crippen LogP contribution in [-0.2, 0) is 6.54 Å². The third-order valence-electron chi connectivity index (χ3n) is 3.00. The number of hydrogen-bond donors (Lipinski definition) is 2. The molecule has 0 bridgehead atoms. The average Bonchev–Trinajstić information content (AvgIpc) is 2.81. The van der Waals surface area contributed by atoms with Gasteiger partial charge in [0.25, 0.3) is 5.91 Å². The Labute approximate surface area is 112 Å². The highest BCUT2D eigenvalue weighted by molar-refractivity contribution is 5.99. The minimum Gasteiger partial charge on any atom is -0.377 e. The molecule has 0 radical (unpaired) electrons. The lowest BCUT2D eigenvalue weighted by atomic mass is 10.1. The SMILES string of the molecule is Cc1[nH]ncc1CNC(=O)c1ccccc1N(C)C. The molecule has 0 aliphatic carbocycles. The van der Waals surface area contributed by atoms with Crippen LogP contribution in [-0.4, -0.2) is 30.2 Å². The molecule has 5 nitrogen and oxygen atoms in total. The molecule has 0 atom stereocenters. The van der Waals surface area contributed by atoms with Crippen molar-refractivity contribution in [3.05, 3.63) is 47.3 Å². The summed E-state index contributed by atoms with van der Waals surface area (Å²) >= 11 is 0. The van der Waals surface area contributed by atoms with Crippen molar-refractivity contribution in [2.24, 2.45) is 0 Å². The summed E-state index contributed by atoms with van der Waals surface area (Å²) in [6.07, 6.45) is 1.73. The van der Waals surface area contributed by atoms with Crippen LogP contribution in [0.5, 0.6) is 0 Å². The zero-order valence-electron chi connectivity index (χ0n) is 11.4. The first-order valence-corrected chi connectivity index (χ1v) is 6.13. The Morgan fingerprint density at radius 3 is 2.74 bits per heavy atom. The lowest BCUT2D eigenvalue weighted by Crippen LogP contribution is -2.25. The summed E-state index contributed by atoms with van der Waals surface area (Å²) in [6, 6.07) is 7.54. The number of aryl methyl sites for hydroxylation is 1. The van der Waals surface area contributed by atoms with Gasteiger partial charge in [-0.3, -0.25) is 9.89 Å². The van der Waals surface area contributed by atoms with Crippen LogP contribution in [0.15, 0.2) is 30.5 Å². The van der Waals surface area contributed by atoms with E-state index in [1.54, 1.807) is 6.20 Å². The van der Waals surface area contributed by atoms with Crippen LogP contribution in [0.25, 0.3) is 0 Å². The van der Waals surface area contributed by atoms with Gasteiger partial charge in [0.05, 0.1) is 11.8 Å². The van der Waals surface area contributed by atoms with Crippen LogP contribution in [0.3, 0.4) is 0 Å². The van der Waals surface area contributed by atoms with Crippen LogP contribution < -0.4 is 10.2 Å². The standard InChI is InChI=1S/C14H18N4O/c1-10-11(9-16-17-10)8-15-14(19)12-6-4-5-7-13(12)18(2)3/h4-7,9H,8H2,1-3H3,(H,15,19)(H,16,17). The van der Waals surface area contributed by atoms with Gasteiger partial charge in [-0.05, 0) is 19.1 Å². The maximum atomic E-state index is 12.2. The lowest BCUT2D eigenvalue weighted by Gasteiger charge is -2.16. The molecule has 100 valence electrons. The largest absolute Gasteiger partial charge is 0.377 e. The molecule has 1 aromatic heterocycles. The number of amides is 1. The molecule has 19 heavy (non-hydrogen) atoms. The molecule has 0 fully saturated rings. The second kappa shape index (κ2) is 5.56. The molecule has 0 spiro atoms. The average molecular weight is 258 g/mol. The molecule has 1 aromatic carbocycles. The van der Waals surface area contributed by atoms with Crippen molar-refractivity contribution in [2.75, 3.05) is 19.0 Å². The topological polar surface area (TPSA) is 61.0 Å². The summed E-state index contributed by atoms with van der Waals surface area (Å²) in [5, 5.41) is 9.70. The van der Waals surface area contributed by atoms with E-state index in [9.17, 15) is 4.79 Å². The molecule has 0 aliphatic rings. The summed E-state index contributed by atoms with van der Waals surface area (Å²) in [5.74, 6) is -0.0788. The van der Waals surface area contributed by atoms with Gasteiger partial charge in [-0.2, -0.15) is 5.10 Å². The lowest BCUT2D eigenvalue weighted by molar-refractivity contribution is 0.0951. The Morgan fingerprint density at radius 1 is 1.37 bits per heavy atom. The first-order valence-electron chi connectivity index (χ1n) is 6.13. The fourth-order valence-corrected chi connectivity index (χ4v) is 1.88. The van der Waals surface area contributed by atoms with Crippen molar-refractivity contribution in [3.8, 4) is 0 Å². The van der Waals surface area contributed by atoms with Crippen LogP contribution in [0.4, 0.5) is 5.69 Å². The zero-order valence-corrected chi connectivity index (χ0v) is 11.4. The molecule has 2 aromatic rings. The normalized spacial score (nSPS) is 10.3. The summed E-state index contributed by atoms with van der Waals surface area (Å²) in [4.78, 5) is 14.1. The molecule has 1 heterocycles. The molecule has 1 amide bonds. The van der Waals surface area contributed by atoms with Crippen molar-refractivity contribution >= 4 is 11.6 Å². The quantitative estimate of drug-likeness (QED) is 0.877. The van der Waals surface area contributed by atoms with Crippen LogP contribution in [0, 0.1) is 6.92 Å². The third kappa shape index (κ3) is 2.93. The highest BCUT2D eigenvalue weighted by atomic mass is 16.1. The van der Waals surface area contributed by atoms with E-state index in [2.05, 4.69) is 15.5 Å². The predicted molar refractivity (Wildman–Crippen MR) is 75.3 cm³/mol. The Balaban J connectivity index is 2.10. The van der Waals surface area contributed by atoms with Gasteiger partial charge in [-0.15, -0.1) is 0 Å². The fourth-order valence-electron chi connectivity index (χ4n) is 1.88. The van der Waals surface area contributed by atoms with E-state index < -0.39 is 0 Å². The third-order valence-corrected chi connectivity index (χ3v) is 3.00. The summed E-state index contributed by atoms with van der Waals surface area (Å²) < 4.78 is 0. The number of para-hydroxylation sites is 1. The predicted octanol–water partition coefficient (Wildman–Crippen LogP) is 1.71. The van der Waals surface area contributed by atoms with Crippen molar-refractivity contribution in [1.82, 2.24) is 15.5 Å². The highest BCUT2D eigenvalue weighted by Gasteiger charge is 2.12. The molecule has 5 heteroatoms. The number of anilines is 1. The van der Waals surface area contributed by atoms with Crippen molar-refractivity contribution < 1.29 is 4.79 Å². The first kappa shape index (κ1) is 13.1. The molecular weight excluding hydrogens is 240 g/mol. The van der Waals surface area contributed by atoms with Gasteiger partial charge in [0, 0.05) is 37.6 Å². The number of hydrogen-bond acceptors (Lipinski definition) is 3. The minimum absolute atomic E-state index is 0.0788. The van der Waals surface area contributed by atoms with E-state index >= 15 is 0 Å². The number of carbonyl (C=O) groups excluding carboxylic acids is 1. The van der Waals surface area contributed by atoms with Gasteiger partial charge in [0.15, 0.2) is 0 Å². The number of nitrogens with zero attached hydrogens (tertiary/aromatic N) is 2. The van der Waals surface area contributed by atoms with Crippen LogP contribution in [0.2, 0.25) is 0 Å². The van der Waals surface area contributed by atoms with Crippen molar-refractivity contribution in [3.63, 3.8) is 0 Å². The molecule has 2 N–H and O–H groups in total. The van der Waals surface area contributed by atoms with E-state index in [4.69, 9.17) is 0 Å². The maximum Gasteiger partial charge on any atom is 0.253 e. The number of carbonyl (C=O) groups is 1. The molecule has 0 saturated carbocycles. The summed E-state index contributed by atoms with van der Waals surface area (Å²) in [6.45, 7) is 2.41. The van der Waals surface area contributed by atoms with Gasteiger partial charge in [0.2, 0.25) is 0 Å². The van der Waals surface area contributed by atoms with Crippen LogP contribution in [0.1, 0.15) is 21.6 Å².